The van der Waals surface area contributed by atoms with Crippen molar-refractivity contribution in [3.8, 4) is 0 Å². The van der Waals surface area contributed by atoms with Crippen LogP contribution in [0.3, 0.4) is 0 Å². The molecule has 0 N–H and O–H groups in total. The summed E-state index contributed by atoms with van der Waals surface area (Å²) >= 11 is 0. The Morgan fingerprint density at radius 2 is 2.21 bits per heavy atom. The van der Waals surface area contributed by atoms with Crippen molar-refractivity contribution in [2.45, 2.75) is 32.7 Å². The number of likely N-dealkylation sites (N-methyl/N-ethyl adjacent to an activating group) is 1. The van der Waals surface area contributed by atoms with E-state index in [0.717, 1.165) is 0 Å². The highest BCUT2D eigenvalue weighted by Gasteiger charge is 2.52. The molecule has 0 bridgehead atoms. The molecule has 4 heteroatoms. The Bertz CT molecular complexity index is 262. The Morgan fingerprint density at radius 3 is 2.50 bits per heavy atom. The van der Waals surface area contributed by atoms with Gasteiger partial charge in [0.25, 0.3) is 0 Å². The Balaban J connectivity index is 3.06. The molecule has 0 aromatic carbocycles. The van der Waals surface area contributed by atoms with Crippen molar-refractivity contribution in [2.75, 3.05) is 13.7 Å². The monoisotopic (exact) mass is 199 g/mol. The first kappa shape index (κ1) is 11.0. The number of ether oxygens (including phenoxy) is 1. The van der Waals surface area contributed by atoms with E-state index in [0.29, 0.717) is 6.42 Å². The quantitative estimate of drug-likeness (QED) is 0.691. The second-order valence-electron chi connectivity index (χ2n) is 3.97. The Morgan fingerprint density at radius 1 is 1.64 bits per heavy atom. The van der Waals surface area contributed by atoms with Crippen LogP contribution in [-0.4, -0.2) is 36.0 Å². The highest BCUT2D eigenvalue weighted by Crippen LogP contribution is 2.32. The average Bonchev–Trinajstić information content (AvgIpc) is 2.44. The lowest BCUT2D eigenvalue weighted by atomic mass is 9.81. The molecule has 1 rings (SSSR count). The summed E-state index contributed by atoms with van der Waals surface area (Å²) in [5, 5.41) is 0. The van der Waals surface area contributed by atoms with E-state index in [9.17, 15) is 9.59 Å². The van der Waals surface area contributed by atoms with E-state index in [1.165, 1.54) is 4.90 Å². The Labute approximate surface area is 84.2 Å². The minimum absolute atomic E-state index is 0.0702. The fourth-order valence-corrected chi connectivity index (χ4v) is 1.98. The summed E-state index contributed by atoms with van der Waals surface area (Å²) in [5.74, 6) is 0.146. The molecule has 1 heterocycles. The number of rotatable bonds is 3. The first-order valence-corrected chi connectivity index (χ1v) is 4.90. The largest absolute Gasteiger partial charge is 0.446 e. The molecule has 1 atom stereocenters. The summed E-state index contributed by atoms with van der Waals surface area (Å²) in [6.45, 7) is 5.87. The van der Waals surface area contributed by atoms with Gasteiger partial charge >= 0.3 is 6.09 Å². The van der Waals surface area contributed by atoms with E-state index in [-0.39, 0.29) is 18.3 Å². The predicted molar refractivity (Wildman–Crippen MR) is 52.0 cm³/mol. The highest BCUT2D eigenvalue weighted by molar-refractivity contribution is 5.93. The molecule has 4 nitrogen and oxygen atoms in total. The minimum atomic E-state index is -0.744. The maximum absolute atomic E-state index is 11.9. The van der Waals surface area contributed by atoms with Crippen LogP contribution in [0.25, 0.3) is 0 Å². The van der Waals surface area contributed by atoms with Gasteiger partial charge in [-0.2, -0.15) is 0 Å². The van der Waals surface area contributed by atoms with Gasteiger partial charge in [0.2, 0.25) is 0 Å². The maximum atomic E-state index is 11.9. The van der Waals surface area contributed by atoms with Crippen LogP contribution in [-0.2, 0) is 9.53 Å². The van der Waals surface area contributed by atoms with Gasteiger partial charge in [-0.15, -0.1) is 0 Å². The molecule has 80 valence electrons. The van der Waals surface area contributed by atoms with E-state index >= 15 is 0 Å². The molecule has 1 aliphatic heterocycles. The second-order valence-corrected chi connectivity index (χ2v) is 3.97. The summed E-state index contributed by atoms with van der Waals surface area (Å²) in [4.78, 5) is 24.6. The van der Waals surface area contributed by atoms with E-state index in [1.54, 1.807) is 7.05 Å². The number of carbonyl (C=O) groups excluding carboxylic acids is 2. The van der Waals surface area contributed by atoms with Crippen LogP contribution in [0.4, 0.5) is 4.79 Å². The van der Waals surface area contributed by atoms with Gasteiger partial charge < -0.3 is 4.74 Å². The molecule has 0 spiro atoms. The molecule has 0 saturated carbocycles. The van der Waals surface area contributed by atoms with Gasteiger partial charge in [-0.25, -0.2) is 4.79 Å². The van der Waals surface area contributed by atoms with Crippen molar-refractivity contribution < 1.29 is 14.3 Å². The minimum Gasteiger partial charge on any atom is -0.446 e. The van der Waals surface area contributed by atoms with Crippen LogP contribution in [0.15, 0.2) is 0 Å². The number of cyclic esters (lactones) is 1. The second kappa shape index (κ2) is 3.59. The molecule has 0 aromatic heterocycles. The zero-order valence-electron chi connectivity index (χ0n) is 9.16. The maximum Gasteiger partial charge on any atom is 0.410 e. The molecule has 1 fully saturated rings. The van der Waals surface area contributed by atoms with Gasteiger partial charge in [0.05, 0.1) is 0 Å². The van der Waals surface area contributed by atoms with Gasteiger partial charge in [-0.1, -0.05) is 20.8 Å². The summed E-state index contributed by atoms with van der Waals surface area (Å²) in [6, 6.07) is 0. The van der Waals surface area contributed by atoms with Gasteiger partial charge in [0, 0.05) is 13.5 Å². The van der Waals surface area contributed by atoms with Crippen molar-refractivity contribution in [1.82, 2.24) is 4.90 Å². The zero-order chi connectivity index (χ0) is 10.9. The summed E-state index contributed by atoms with van der Waals surface area (Å²) in [7, 11) is 1.63. The fourth-order valence-electron chi connectivity index (χ4n) is 1.98. The van der Waals surface area contributed by atoms with Crippen LogP contribution in [0.5, 0.6) is 0 Å². The summed E-state index contributed by atoms with van der Waals surface area (Å²) in [6.07, 6.45) is 0.0274. The number of ketones is 1. The van der Waals surface area contributed by atoms with E-state index in [1.807, 2.05) is 20.8 Å². The van der Waals surface area contributed by atoms with Gasteiger partial charge in [0.15, 0.2) is 5.78 Å². The normalized spacial score (nSPS) is 26.9. The smallest absolute Gasteiger partial charge is 0.410 e. The van der Waals surface area contributed by atoms with Crippen molar-refractivity contribution in [3.63, 3.8) is 0 Å². The van der Waals surface area contributed by atoms with Gasteiger partial charge in [-0.05, 0) is 5.92 Å². The highest BCUT2D eigenvalue weighted by atomic mass is 16.6. The van der Waals surface area contributed by atoms with Crippen molar-refractivity contribution in [2.24, 2.45) is 5.92 Å². The number of Topliss-reactive ketones (excluding diaryl/α,β-unsaturated/α-hetero) is 1. The Hall–Kier alpha value is -1.06. The third kappa shape index (κ3) is 1.29. The molecular weight excluding hydrogens is 182 g/mol. The molecule has 0 radical (unpaired) electrons. The number of nitrogens with zero attached hydrogens (tertiary/aromatic N) is 1. The van der Waals surface area contributed by atoms with Crippen molar-refractivity contribution >= 4 is 11.9 Å². The molecule has 14 heavy (non-hydrogen) atoms. The first-order valence-electron chi connectivity index (χ1n) is 4.90. The Kier molecular flexibility index (Phi) is 2.83. The van der Waals surface area contributed by atoms with Gasteiger partial charge in [-0.3, -0.25) is 9.69 Å². The molecule has 0 aliphatic carbocycles. The predicted octanol–water partition coefficient (Wildman–Crippen LogP) is 1.44. The van der Waals surface area contributed by atoms with E-state index in [4.69, 9.17) is 4.74 Å². The van der Waals surface area contributed by atoms with Crippen molar-refractivity contribution in [1.29, 1.82) is 0 Å². The lowest BCUT2D eigenvalue weighted by molar-refractivity contribution is -0.130. The zero-order valence-corrected chi connectivity index (χ0v) is 9.16. The number of amides is 1. The lowest BCUT2D eigenvalue weighted by Gasteiger charge is -2.34. The first-order chi connectivity index (χ1) is 6.46. The van der Waals surface area contributed by atoms with Crippen LogP contribution < -0.4 is 0 Å². The molecule has 1 amide bonds. The summed E-state index contributed by atoms with van der Waals surface area (Å²) < 4.78 is 4.93. The SMILES string of the molecule is CCC(=O)C1(C(C)C)COC(=O)N1C. The van der Waals surface area contributed by atoms with Crippen LogP contribution >= 0.6 is 0 Å². The van der Waals surface area contributed by atoms with Crippen LogP contribution in [0.2, 0.25) is 0 Å². The molecule has 1 aliphatic rings. The number of carbonyl (C=O) groups is 2. The van der Waals surface area contributed by atoms with E-state index in [2.05, 4.69) is 0 Å². The van der Waals surface area contributed by atoms with Crippen LogP contribution in [0, 0.1) is 5.92 Å². The average molecular weight is 199 g/mol. The lowest BCUT2D eigenvalue weighted by Crippen LogP contribution is -2.55. The standard InChI is InChI=1S/C10H17NO3/c1-5-8(12)10(7(2)3)6-14-9(13)11(10)4/h7H,5-6H2,1-4H3. The molecular formula is C10H17NO3. The molecule has 1 saturated heterocycles. The topological polar surface area (TPSA) is 46.6 Å². The fraction of sp³-hybridized carbons (Fsp3) is 0.800. The van der Waals surface area contributed by atoms with Crippen LogP contribution in [0.1, 0.15) is 27.2 Å². The van der Waals surface area contributed by atoms with Crippen molar-refractivity contribution in [3.05, 3.63) is 0 Å². The summed E-state index contributed by atoms with van der Waals surface area (Å²) in [5.41, 5.74) is -0.744. The third-order valence-corrected chi connectivity index (χ3v) is 3.05. The number of hydrogen-bond acceptors (Lipinski definition) is 3. The molecule has 1 unspecified atom stereocenters. The molecule has 0 aromatic rings. The van der Waals surface area contributed by atoms with Gasteiger partial charge in [0.1, 0.15) is 12.1 Å². The van der Waals surface area contributed by atoms with E-state index < -0.39 is 11.6 Å². The third-order valence-electron chi connectivity index (χ3n) is 3.05. The number of hydrogen-bond donors (Lipinski definition) is 0.